The third kappa shape index (κ3) is 6.49. The van der Waals surface area contributed by atoms with Gasteiger partial charge in [-0.3, -0.25) is 4.68 Å². The molecule has 7 aromatic rings. The van der Waals surface area contributed by atoms with E-state index in [9.17, 15) is 0 Å². The van der Waals surface area contributed by atoms with Crippen LogP contribution in [0.3, 0.4) is 0 Å². The minimum atomic E-state index is -0.120. The van der Waals surface area contributed by atoms with E-state index in [4.69, 9.17) is 14.8 Å². The summed E-state index contributed by atoms with van der Waals surface area (Å²) in [6, 6.07) is 37.0. The molecule has 1 atom stereocenters. The fourth-order valence-electron chi connectivity index (χ4n) is 6.57. The van der Waals surface area contributed by atoms with Crippen molar-refractivity contribution < 1.29 is 25.8 Å². The fourth-order valence-corrected chi connectivity index (χ4v) is 6.57. The first kappa shape index (κ1) is 34.4. The van der Waals surface area contributed by atoms with Gasteiger partial charge >= 0.3 is 21.1 Å². The molecule has 250 valence electrons. The normalized spacial score (nSPS) is 12.3. The number of hydrogen-bond donors (Lipinski definition) is 0. The Morgan fingerprint density at radius 1 is 0.837 bits per heavy atom. The van der Waals surface area contributed by atoms with E-state index in [0.29, 0.717) is 17.4 Å². The van der Waals surface area contributed by atoms with E-state index in [2.05, 4.69) is 139 Å². The number of aryl methyl sites for hydroxylation is 2. The Bertz CT molecular complexity index is 2290. The van der Waals surface area contributed by atoms with Crippen molar-refractivity contribution in [1.29, 1.82) is 0 Å². The maximum Gasteiger partial charge on any atom is 2.00 e. The summed E-state index contributed by atoms with van der Waals surface area (Å²) < 4.78 is 10.8. The number of pyridine rings is 1. The van der Waals surface area contributed by atoms with Gasteiger partial charge in [-0.25, -0.2) is 4.98 Å². The van der Waals surface area contributed by atoms with Gasteiger partial charge in [-0.1, -0.05) is 82.6 Å². The number of ether oxygens (including phenoxy) is 1. The summed E-state index contributed by atoms with van der Waals surface area (Å²) in [5.41, 5.74) is 10.7. The summed E-state index contributed by atoms with van der Waals surface area (Å²) in [7, 11) is 0. The third-order valence-corrected chi connectivity index (χ3v) is 9.48. The maximum absolute atomic E-state index is 6.65. The average molecular weight is 826 g/mol. The average Bonchev–Trinajstić information content (AvgIpc) is 3.56. The van der Waals surface area contributed by atoms with Crippen LogP contribution in [0.2, 0.25) is 0 Å². The number of nitrogens with zero attached hydrogens (tertiary/aromatic N) is 4. The molecule has 1 unspecified atom stereocenters. The van der Waals surface area contributed by atoms with Gasteiger partial charge in [-0.05, 0) is 84.5 Å². The van der Waals surface area contributed by atoms with E-state index < -0.39 is 0 Å². The molecular formula is C43H42N4OPt. The number of benzene rings is 4. The van der Waals surface area contributed by atoms with E-state index in [1.807, 2.05) is 29.1 Å². The molecule has 0 bridgehead atoms. The van der Waals surface area contributed by atoms with Gasteiger partial charge in [-0.15, -0.1) is 41.3 Å². The summed E-state index contributed by atoms with van der Waals surface area (Å²) in [5.74, 6) is 2.58. The Morgan fingerprint density at radius 2 is 1.61 bits per heavy atom. The molecule has 0 saturated carbocycles. The summed E-state index contributed by atoms with van der Waals surface area (Å²) in [5, 5.41) is 7.29. The molecule has 3 aromatic heterocycles. The van der Waals surface area contributed by atoms with Gasteiger partial charge in [0.05, 0.1) is 5.69 Å². The van der Waals surface area contributed by atoms with Crippen LogP contribution in [0, 0.1) is 32.9 Å². The Morgan fingerprint density at radius 3 is 2.33 bits per heavy atom. The molecule has 0 aliphatic heterocycles. The van der Waals surface area contributed by atoms with E-state index in [0.717, 1.165) is 68.0 Å². The third-order valence-electron chi connectivity index (χ3n) is 9.48. The molecular weight excluding hydrogens is 784 g/mol. The predicted octanol–water partition coefficient (Wildman–Crippen LogP) is 11.2. The first-order chi connectivity index (χ1) is 23.0. The van der Waals surface area contributed by atoms with Gasteiger partial charge in [0.2, 0.25) is 0 Å². The quantitative estimate of drug-likeness (QED) is 0.150. The molecule has 0 fully saturated rings. The first-order valence-electron chi connectivity index (χ1n) is 16.8. The fraction of sp³-hybridized carbons (Fsp3) is 0.256. The molecule has 0 radical (unpaired) electrons. The van der Waals surface area contributed by atoms with Crippen LogP contribution in [0.15, 0.2) is 91.1 Å². The van der Waals surface area contributed by atoms with Crippen LogP contribution >= 0.6 is 0 Å². The molecule has 0 aliphatic rings. The van der Waals surface area contributed by atoms with Crippen molar-refractivity contribution in [3.63, 3.8) is 0 Å². The van der Waals surface area contributed by atoms with Crippen molar-refractivity contribution in [3.8, 4) is 34.1 Å². The van der Waals surface area contributed by atoms with Crippen molar-refractivity contribution in [2.24, 2.45) is 0 Å². The second-order valence-corrected chi connectivity index (χ2v) is 14.0. The van der Waals surface area contributed by atoms with Crippen molar-refractivity contribution in [2.45, 2.75) is 73.1 Å². The standard InChI is InChI=1S/C43H42N4O.Pt/c1-9-28(3)32-15-18-39-38(22-32)37-17-16-35(26-40(37)46(39)41-21-27(2)19-20-44-41)48-36-24-33(43(6,7)8)23-34(25-36)47-30(5)42(29(4)45-47)31-13-11-10-12-14-31;/h10-24,28H,9H2,1-8H3;/q-2;+2. The summed E-state index contributed by atoms with van der Waals surface area (Å²) >= 11 is 0. The molecule has 0 saturated heterocycles. The second-order valence-electron chi connectivity index (χ2n) is 14.0. The Balaban J connectivity index is 0.00000417. The van der Waals surface area contributed by atoms with Crippen LogP contribution < -0.4 is 4.74 Å². The van der Waals surface area contributed by atoms with Gasteiger partial charge in [-0.2, -0.15) is 11.2 Å². The smallest absolute Gasteiger partial charge is 0.509 e. The van der Waals surface area contributed by atoms with Crippen molar-refractivity contribution in [3.05, 3.63) is 131 Å². The van der Waals surface area contributed by atoms with Crippen LogP contribution in [-0.2, 0) is 26.5 Å². The molecule has 0 aliphatic carbocycles. The number of hydrogen-bond acceptors (Lipinski definition) is 3. The van der Waals surface area contributed by atoms with Crippen LogP contribution in [-0.4, -0.2) is 19.3 Å². The first-order valence-corrected chi connectivity index (χ1v) is 16.8. The second kappa shape index (κ2) is 13.4. The molecule has 5 nitrogen and oxygen atoms in total. The zero-order chi connectivity index (χ0) is 33.7. The predicted molar refractivity (Wildman–Crippen MR) is 197 cm³/mol. The minimum Gasteiger partial charge on any atom is -0.509 e. The summed E-state index contributed by atoms with van der Waals surface area (Å²) in [6.07, 6.45) is 2.96. The van der Waals surface area contributed by atoms with Gasteiger partial charge in [0.1, 0.15) is 5.82 Å². The summed E-state index contributed by atoms with van der Waals surface area (Å²) in [6.45, 7) is 17.4. The van der Waals surface area contributed by atoms with E-state index in [1.165, 1.54) is 10.9 Å². The van der Waals surface area contributed by atoms with E-state index >= 15 is 0 Å². The molecule has 6 heteroatoms. The molecule has 49 heavy (non-hydrogen) atoms. The Hall–Kier alpha value is -4.47. The molecule has 0 amide bonds. The summed E-state index contributed by atoms with van der Waals surface area (Å²) in [4.78, 5) is 4.78. The molecule has 4 aromatic carbocycles. The molecule has 7 rings (SSSR count). The van der Waals surface area contributed by atoms with Gasteiger partial charge in [0.25, 0.3) is 0 Å². The number of rotatable bonds is 7. The van der Waals surface area contributed by atoms with Gasteiger partial charge in [0.15, 0.2) is 0 Å². The SMILES string of the molecule is CCC(C)c1ccc2c(c1)c1ccc(Oc3[c-]c(-n4nc(C)c(-c5ccccc5)c4C)cc(C(C)(C)C)c3)[c-]c1n2-c1cc(C)ccn1.[Pt+2]. The number of fused-ring (bicyclic) bond motifs is 3. The van der Waals surface area contributed by atoms with Crippen LogP contribution in [0.5, 0.6) is 11.5 Å². The van der Waals surface area contributed by atoms with Crippen molar-refractivity contribution >= 4 is 21.8 Å². The van der Waals surface area contributed by atoms with Gasteiger partial charge in [0, 0.05) is 34.5 Å². The topological polar surface area (TPSA) is 44.9 Å². The maximum atomic E-state index is 6.65. The van der Waals surface area contributed by atoms with Crippen LogP contribution in [0.25, 0.3) is 44.4 Å². The largest absolute Gasteiger partial charge is 2.00 e. The number of aromatic nitrogens is 4. The minimum absolute atomic E-state index is 0. The Labute approximate surface area is 304 Å². The monoisotopic (exact) mass is 825 g/mol. The molecule has 0 N–H and O–H groups in total. The zero-order valence-electron chi connectivity index (χ0n) is 29.5. The molecule has 0 spiro atoms. The van der Waals surface area contributed by atoms with Gasteiger partial charge < -0.3 is 9.30 Å². The molecule has 3 heterocycles. The van der Waals surface area contributed by atoms with Crippen molar-refractivity contribution in [1.82, 2.24) is 19.3 Å². The van der Waals surface area contributed by atoms with Crippen LogP contribution in [0.1, 0.15) is 75.0 Å². The van der Waals surface area contributed by atoms with Crippen LogP contribution in [0.4, 0.5) is 0 Å². The zero-order valence-corrected chi connectivity index (χ0v) is 31.7. The Kier molecular flexibility index (Phi) is 9.44. The van der Waals surface area contributed by atoms with E-state index in [-0.39, 0.29) is 26.5 Å². The van der Waals surface area contributed by atoms with Crippen molar-refractivity contribution in [2.75, 3.05) is 0 Å². The van der Waals surface area contributed by atoms with E-state index in [1.54, 1.807) is 0 Å².